The van der Waals surface area contributed by atoms with Gasteiger partial charge in [0, 0.05) is 44.1 Å². The fourth-order valence-electron chi connectivity index (χ4n) is 3.55. The van der Waals surface area contributed by atoms with Crippen molar-refractivity contribution in [2.45, 2.75) is 51.1 Å². The monoisotopic (exact) mass is 336 g/mol. The molecule has 2 aliphatic rings. The van der Waals surface area contributed by atoms with Crippen LogP contribution in [-0.4, -0.2) is 59.5 Å². The molecule has 128 valence electrons. The second kappa shape index (κ2) is 8.76. The molecular formula is C17H28N4OS. The zero-order valence-electron chi connectivity index (χ0n) is 13.9. The van der Waals surface area contributed by atoms with Gasteiger partial charge in [-0.05, 0) is 12.8 Å². The van der Waals surface area contributed by atoms with Crippen molar-refractivity contribution in [3.8, 4) is 0 Å². The Labute approximate surface area is 143 Å². The molecular weight excluding hydrogens is 308 g/mol. The van der Waals surface area contributed by atoms with Crippen LogP contribution in [-0.2, 0) is 11.3 Å². The molecule has 1 saturated carbocycles. The van der Waals surface area contributed by atoms with Crippen LogP contribution in [0.4, 0.5) is 0 Å². The van der Waals surface area contributed by atoms with E-state index in [9.17, 15) is 4.79 Å². The van der Waals surface area contributed by atoms with Gasteiger partial charge in [0.15, 0.2) is 0 Å². The minimum absolute atomic E-state index is 0.213. The summed E-state index contributed by atoms with van der Waals surface area (Å²) in [5, 5.41) is 5.37. The number of piperazine rings is 1. The van der Waals surface area contributed by atoms with Crippen molar-refractivity contribution in [2.24, 2.45) is 0 Å². The van der Waals surface area contributed by atoms with Gasteiger partial charge in [-0.1, -0.05) is 25.7 Å². The fourth-order valence-corrected chi connectivity index (χ4v) is 4.10. The van der Waals surface area contributed by atoms with Crippen molar-refractivity contribution in [1.82, 2.24) is 20.1 Å². The SMILES string of the molecule is O=C(CN1CCN(Cc2cscn2)CC1)NC1CCCCCC1. The van der Waals surface area contributed by atoms with Gasteiger partial charge < -0.3 is 5.32 Å². The van der Waals surface area contributed by atoms with Crippen LogP contribution in [0.25, 0.3) is 0 Å². The van der Waals surface area contributed by atoms with Crippen LogP contribution < -0.4 is 5.32 Å². The topological polar surface area (TPSA) is 48.5 Å². The van der Waals surface area contributed by atoms with Crippen molar-refractivity contribution >= 4 is 17.2 Å². The van der Waals surface area contributed by atoms with Gasteiger partial charge >= 0.3 is 0 Å². The summed E-state index contributed by atoms with van der Waals surface area (Å²) in [6.07, 6.45) is 7.50. The standard InChI is InChI=1S/C17H28N4OS/c22-17(19-15-5-3-1-2-4-6-15)12-21-9-7-20(8-10-21)11-16-13-23-14-18-16/h13-15H,1-12H2,(H,19,22). The minimum Gasteiger partial charge on any atom is -0.352 e. The average molecular weight is 337 g/mol. The second-order valence-electron chi connectivity index (χ2n) is 6.79. The first-order valence-corrected chi connectivity index (χ1v) is 9.85. The Bertz CT molecular complexity index is 463. The molecule has 1 N–H and O–H groups in total. The van der Waals surface area contributed by atoms with Gasteiger partial charge in [-0.2, -0.15) is 0 Å². The number of rotatable bonds is 5. The highest BCUT2D eigenvalue weighted by atomic mass is 32.1. The van der Waals surface area contributed by atoms with Gasteiger partial charge in [0.2, 0.25) is 5.91 Å². The molecule has 2 heterocycles. The van der Waals surface area contributed by atoms with Crippen LogP contribution in [0, 0.1) is 0 Å². The fraction of sp³-hybridized carbons (Fsp3) is 0.765. The lowest BCUT2D eigenvalue weighted by molar-refractivity contribution is -0.123. The van der Waals surface area contributed by atoms with Crippen molar-refractivity contribution in [2.75, 3.05) is 32.7 Å². The highest BCUT2D eigenvalue weighted by Gasteiger charge is 2.21. The summed E-state index contributed by atoms with van der Waals surface area (Å²) in [4.78, 5) is 21.3. The molecule has 0 aromatic carbocycles. The Balaban J connectivity index is 1.35. The lowest BCUT2D eigenvalue weighted by Crippen LogP contribution is -2.50. The normalized spacial score (nSPS) is 21.9. The van der Waals surface area contributed by atoms with Crippen molar-refractivity contribution in [1.29, 1.82) is 0 Å². The van der Waals surface area contributed by atoms with Crippen LogP contribution in [0.3, 0.4) is 0 Å². The Morgan fingerprint density at radius 3 is 2.48 bits per heavy atom. The molecule has 1 saturated heterocycles. The van der Waals surface area contributed by atoms with Crippen molar-refractivity contribution in [3.63, 3.8) is 0 Å². The van der Waals surface area contributed by atoms with E-state index in [4.69, 9.17) is 0 Å². The largest absolute Gasteiger partial charge is 0.352 e. The number of carbonyl (C=O) groups is 1. The first-order chi connectivity index (χ1) is 11.3. The van der Waals surface area contributed by atoms with E-state index in [1.54, 1.807) is 11.3 Å². The number of thiazole rings is 1. The third kappa shape index (κ3) is 5.55. The molecule has 0 radical (unpaired) electrons. The zero-order valence-corrected chi connectivity index (χ0v) is 14.7. The number of hydrogen-bond acceptors (Lipinski definition) is 5. The predicted molar refractivity (Wildman–Crippen MR) is 93.5 cm³/mol. The van der Waals surface area contributed by atoms with E-state index in [-0.39, 0.29) is 5.91 Å². The summed E-state index contributed by atoms with van der Waals surface area (Å²) in [7, 11) is 0. The summed E-state index contributed by atoms with van der Waals surface area (Å²) in [6.45, 7) is 5.49. The second-order valence-corrected chi connectivity index (χ2v) is 7.51. The van der Waals surface area contributed by atoms with Gasteiger partial charge in [0.25, 0.3) is 0 Å². The van der Waals surface area contributed by atoms with Gasteiger partial charge in [0.05, 0.1) is 17.7 Å². The zero-order chi connectivity index (χ0) is 15.9. The molecule has 2 fully saturated rings. The lowest BCUT2D eigenvalue weighted by Gasteiger charge is -2.34. The highest BCUT2D eigenvalue weighted by Crippen LogP contribution is 2.17. The Hall–Kier alpha value is -0.980. The summed E-state index contributed by atoms with van der Waals surface area (Å²) < 4.78 is 0. The minimum atomic E-state index is 0.213. The smallest absolute Gasteiger partial charge is 0.234 e. The summed E-state index contributed by atoms with van der Waals surface area (Å²) in [6, 6.07) is 0.413. The van der Waals surface area contributed by atoms with E-state index < -0.39 is 0 Å². The maximum atomic E-state index is 12.3. The first kappa shape index (κ1) is 16.9. The van der Waals surface area contributed by atoms with Gasteiger partial charge in [-0.25, -0.2) is 4.98 Å². The molecule has 1 aliphatic heterocycles. The first-order valence-electron chi connectivity index (χ1n) is 8.91. The number of aromatic nitrogens is 1. The van der Waals surface area contributed by atoms with Crippen molar-refractivity contribution in [3.05, 3.63) is 16.6 Å². The molecule has 0 spiro atoms. The molecule has 5 nitrogen and oxygen atoms in total. The molecule has 0 bridgehead atoms. The third-order valence-corrected chi connectivity index (χ3v) is 5.56. The van der Waals surface area contributed by atoms with E-state index in [0.29, 0.717) is 12.6 Å². The van der Waals surface area contributed by atoms with E-state index in [1.807, 2.05) is 5.51 Å². The summed E-state index contributed by atoms with van der Waals surface area (Å²) in [5.41, 5.74) is 3.05. The number of hydrogen-bond donors (Lipinski definition) is 1. The van der Waals surface area contributed by atoms with Crippen molar-refractivity contribution < 1.29 is 4.79 Å². The van der Waals surface area contributed by atoms with Gasteiger partial charge in [-0.15, -0.1) is 11.3 Å². The van der Waals surface area contributed by atoms with E-state index in [2.05, 4.69) is 25.5 Å². The van der Waals surface area contributed by atoms with E-state index >= 15 is 0 Å². The maximum absolute atomic E-state index is 12.3. The molecule has 1 amide bonds. The Morgan fingerprint density at radius 1 is 1.13 bits per heavy atom. The quantitative estimate of drug-likeness (QED) is 0.837. The molecule has 1 aromatic rings. The molecule has 6 heteroatoms. The third-order valence-electron chi connectivity index (χ3n) is 4.92. The van der Waals surface area contributed by atoms with Crippen LogP contribution in [0.15, 0.2) is 10.9 Å². The summed E-state index contributed by atoms with van der Waals surface area (Å²) >= 11 is 1.65. The molecule has 23 heavy (non-hydrogen) atoms. The van der Waals surface area contributed by atoms with Crippen LogP contribution in [0.1, 0.15) is 44.2 Å². The summed E-state index contributed by atoms with van der Waals surface area (Å²) in [5.74, 6) is 0.213. The van der Waals surface area contributed by atoms with Crippen LogP contribution in [0.5, 0.6) is 0 Å². The molecule has 1 aliphatic carbocycles. The number of amides is 1. The maximum Gasteiger partial charge on any atom is 0.234 e. The Morgan fingerprint density at radius 2 is 1.83 bits per heavy atom. The van der Waals surface area contributed by atoms with Crippen LogP contribution >= 0.6 is 11.3 Å². The van der Waals surface area contributed by atoms with Crippen LogP contribution in [0.2, 0.25) is 0 Å². The predicted octanol–water partition coefficient (Wildman–Crippen LogP) is 2.10. The lowest BCUT2D eigenvalue weighted by atomic mass is 10.1. The van der Waals surface area contributed by atoms with E-state index in [0.717, 1.165) is 51.3 Å². The molecule has 0 atom stereocenters. The number of carbonyl (C=O) groups excluding carboxylic acids is 1. The Kier molecular flexibility index (Phi) is 6.42. The molecule has 3 rings (SSSR count). The van der Waals surface area contributed by atoms with Gasteiger partial charge in [-0.3, -0.25) is 14.6 Å². The molecule has 1 aromatic heterocycles. The number of nitrogens with zero attached hydrogens (tertiary/aromatic N) is 3. The highest BCUT2D eigenvalue weighted by molar-refractivity contribution is 7.07. The molecule has 0 unspecified atom stereocenters. The average Bonchev–Trinajstić information content (AvgIpc) is 2.92. The number of nitrogens with one attached hydrogen (secondary N) is 1. The van der Waals surface area contributed by atoms with Gasteiger partial charge in [0.1, 0.15) is 0 Å². The van der Waals surface area contributed by atoms with E-state index in [1.165, 1.54) is 25.7 Å².